The van der Waals surface area contributed by atoms with E-state index >= 15 is 0 Å². The molecule has 2 N–H and O–H groups in total. The monoisotopic (exact) mass is 533 g/mol. The van der Waals surface area contributed by atoms with Gasteiger partial charge in [0, 0.05) is 56.7 Å². The van der Waals surface area contributed by atoms with Crippen LogP contribution < -0.4 is 15.5 Å². The second kappa shape index (κ2) is 11.7. The van der Waals surface area contributed by atoms with Crippen molar-refractivity contribution in [2.75, 3.05) is 43.4 Å². The highest BCUT2D eigenvalue weighted by Crippen LogP contribution is 2.28. The van der Waals surface area contributed by atoms with E-state index in [2.05, 4.69) is 15.5 Å². The highest BCUT2D eigenvalue weighted by Gasteiger charge is 2.27. The summed E-state index contributed by atoms with van der Waals surface area (Å²) in [6, 6.07) is 18.8. The van der Waals surface area contributed by atoms with Crippen molar-refractivity contribution in [2.45, 2.75) is 32.9 Å². The number of carbonyl (C=O) groups is 3. The molecule has 2 aromatic carbocycles. The first-order chi connectivity index (χ1) is 18.1. The van der Waals surface area contributed by atoms with Crippen LogP contribution in [0.4, 0.5) is 16.2 Å². The summed E-state index contributed by atoms with van der Waals surface area (Å²) in [6.45, 7) is 8.64. The van der Waals surface area contributed by atoms with Crippen molar-refractivity contribution in [3.63, 3.8) is 0 Å². The number of benzene rings is 2. The van der Waals surface area contributed by atoms with Crippen molar-refractivity contribution >= 4 is 40.6 Å². The van der Waals surface area contributed by atoms with Gasteiger partial charge in [-0.3, -0.25) is 9.59 Å². The number of thiophene rings is 1. The molecule has 38 heavy (non-hydrogen) atoms. The summed E-state index contributed by atoms with van der Waals surface area (Å²) >= 11 is 1.37. The molecule has 0 radical (unpaired) electrons. The van der Waals surface area contributed by atoms with Crippen LogP contribution in [-0.4, -0.2) is 66.4 Å². The van der Waals surface area contributed by atoms with Gasteiger partial charge in [-0.1, -0.05) is 36.4 Å². The van der Waals surface area contributed by atoms with E-state index in [0.717, 1.165) is 11.3 Å². The zero-order valence-corrected chi connectivity index (χ0v) is 23.2. The van der Waals surface area contributed by atoms with Gasteiger partial charge in [0.05, 0.1) is 10.4 Å². The Morgan fingerprint density at radius 1 is 0.947 bits per heavy atom. The van der Waals surface area contributed by atoms with Crippen LogP contribution in [0, 0.1) is 0 Å². The Labute approximate surface area is 228 Å². The molecule has 2 heterocycles. The number of nitrogens with one attached hydrogen (secondary N) is 2. The maximum Gasteiger partial charge on any atom is 0.317 e. The van der Waals surface area contributed by atoms with Crippen LogP contribution >= 0.6 is 11.3 Å². The molecule has 1 fully saturated rings. The Hall–Kier alpha value is -3.85. The maximum atomic E-state index is 13.7. The molecule has 0 saturated carbocycles. The molecule has 9 heteroatoms. The summed E-state index contributed by atoms with van der Waals surface area (Å²) in [6.07, 6.45) is 0. The molecule has 0 aliphatic carbocycles. The normalized spacial score (nSPS) is 13.7. The molecule has 0 bridgehead atoms. The molecule has 1 saturated heterocycles. The van der Waals surface area contributed by atoms with Crippen LogP contribution in [-0.2, 0) is 6.54 Å². The van der Waals surface area contributed by atoms with Crippen LogP contribution in [0.25, 0.3) is 0 Å². The quantitative estimate of drug-likeness (QED) is 0.472. The van der Waals surface area contributed by atoms with Crippen LogP contribution in [0.2, 0.25) is 0 Å². The second-order valence-corrected chi connectivity index (χ2v) is 11.4. The number of hydrogen-bond donors (Lipinski definition) is 2. The molecule has 4 amide bonds. The van der Waals surface area contributed by atoms with Crippen molar-refractivity contribution in [3.8, 4) is 0 Å². The molecular weight excluding hydrogens is 498 g/mol. The van der Waals surface area contributed by atoms with Gasteiger partial charge in [-0.2, -0.15) is 0 Å². The average Bonchev–Trinajstić information content (AvgIpc) is 3.43. The number of urea groups is 1. The van der Waals surface area contributed by atoms with Gasteiger partial charge in [-0.05, 0) is 56.0 Å². The number of nitrogens with zero attached hydrogens (tertiary/aromatic N) is 3. The highest BCUT2D eigenvalue weighted by molar-refractivity contribution is 7.12. The van der Waals surface area contributed by atoms with Crippen LogP contribution in [0.1, 0.15) is 46.4 Å². The van der Waals surface area contributed by atoms with Crippen molar-refractivity contribution < 1.29 is 14.4 Å². The van der Waals surface area contributed by atoms with E-state index in [4.69, 9.17) is 0 Å². The predicted molar refractivity (Wildman–Crippen MR) is 153 cm³/mol. The lowest BCUT2D eigenvalue weighted by atomic mass is 10.1. The largest absolute Gasteiger partial charge is 0.367 e. The molecule has 3 aromatic rings. The molecule has 1 aromatic heterocycles. The fraction of sp³-hybridized carbons (Fsp3) is 0.345. The van der Waals surface area contributed by atoms with Crippen molar-refractivity contribution in [1.82, 2.24) is 15.1 Å². The summed E-state index contributed by atoms with van der Waals surface area (Å²) < 4.78 is 0. The molecule has 0 unspecified atom stereocenters. The van der Waals surface area contributed by atoms with Crippen LogP contribution in [0.3, 0.4) is 0 Å². The summed E-state index contributed by atoms with van der Waals surface area (Å²) in [7, 11) is 1.78. The minimum Gasteiger partial charge on any atom is -0.367 e. The van der Waals surface area contributed by atoms with Gasteiger partial charge in [0.25, 0.3) is 11.8 Å². The Morgan fingerprint density at radius 3 is 2.29 bits per heavy atom. The Morgan fingerprint density at radius 2 is 1.66 bits per heavy atom. The first-order valence-electron chi connectivity index (χ1n) is 12.7. The summed E-state index contributed by atoms with van der Waals surface area (Å²) in [4.78, 5) is 45.3. The molecule has 4 rings (SSSR count). The predicted octanol–water partition coefficient (Wildman–Crippen LogP) is 4.90. The zero-order chi connectivity index (χ0) is 27.3. The lowest BCUT2D eigenvalue weighted by molar-refractivity contribution is 0.0785. The zero-order valence-electron chi connectivity index (χ0n) is 22.4. The summed E-state index contributed by atoms with van der Waals surface area (Å²) in [5, 5.41) is 7.79. The van der Waals surface area contributed by atoms with Gasteiger partial charge in [0.1, 0.15) is 0 Å². The minimum absolute atomic E-state index is 0.0809. The molecular formula is C29H35N5O3S. The van der Waals surface area contributed by atoms with E-state index in [1.807, 2.05) is 74.7 Å². The van der Waals surface area contributed by atoms with Crippen LogP contribution in [0.5, 0.6) is 0 Å². The summed E-state index contributed by atoms with van der Waals surface area (Å²) in [5.74, 6) is -0.341. The summed E-state index contributed by atoms with van der Waals surface area (Å²) in [5.41, 5.74) is 2.60. The van der Waals surface area contributed by atoms with E-state index in [1.165, 1.54) is 11.3 Å². The third-order valence-corrected chi connectivity index (χ3v) is 7.10. The van der Waals surface area contributed by atoms with E-state index in [9.17, 15) is 14.4 Å². The molecule has 8 nitrogen and oxygen atoms in total. The SMILES string of the molecule is CN(Cc1ccccc1)C(=O)c1cc(NC(=O)c2cccs2)ccc1N1CCN(C(=O)NC(C)(C)C)CC1. The Balaban J connectivity index is 1.55. The van der Waals surface area contributed by atoms with Gasteiger partial charge < -0.3 is 25.3 Å². The highest BCUT2D eigenvalue weighted by atomic mass is 32.1. The average molecular weight is 534 g/mol. The van der Waals surface area contributed by atoms with Gasteiger partial charge in [0.15, 0.2) is 0 Å². The lowest BCUT2D eigenvalue weighted by Gasteiger charge is -2.38. The third kappa shape index (κ3) is 6.92. The molecule has 0 spiro atoms. The number of piperazine rings is 1. The number of hydrogen-bond acceptors (Lipinski definition) is 5. The van der Waals surface area contributed by atoms with Gasteiger partial charge in [-0.15, -0.1) is 11.3 Å². The number of rotatable bonds is 6. The van der Waals surface area contributed by atoms with Crippen LogP contribution in [0.15, 0.2) is 66.0 Å². The van der Waals surface area contributed by atoms with Gasteiger partial charge in [-0.25, -0.2) is 4.79 Å². The maximum absolute atomic E-state index is 13.7. The number of anilines is 2. The van der Waals surface area contributed by atoms with E-state index < -0.39 is 0 Å². The molecule has 1 aliphatic heterocycles. The third-order valence-electron chi connectivity index (χ3n) is 6.23. The lowest BCUT2D eigenvalue weighted by Crippen LogP contribution is -2.55. The van der Waals surface area contributed by atoms with Crippen molar-refractivity contribution in [2.24, 2.45) is 0 Å². The Bertz CT molecular complexity index is 1260. The number of amides is 4. The molecule has 200 valence electrons. The first-order valence-corrected chi connectivity index (χ1v) is 13.6. The first kappa shape index (κ1) is 27.2. The Kier molecular flexibility index (Phi) is 8.36. The topological polar surface area (TPSA) is 85.0 Å². The standard InChI is InChI=1S/C29H35N5O3S/c1-29(2,3)31-28(37)34-16-14-33(15-17-34)24-13-12-22(30-26(35)25-11-8-18-38-25)19-23(24)27(36)32(4)20-21-9-6-5-7-10-21/h5-13,18-19H,14-17,20H2,1-4H3,(H,30,35)(H,31,37). The van der Waals surface area contributed by atoms with Gasteiger partial charge >= 0.3 is 6.03 Å². The smallest absolute Gasteiger partial charge is 0.317 e. The molecule has 1 aliphatic rings. The number of carbonyl (C=O) groups excluding carboxylic acids is 3. The van der Waals surface area contributed by atoms with E-state index in [1.54, 1.807) is 29.0 Å². The minimum atomic E-state index is -0.305. The van der Waals surface area contributed by atoms with Gasteiger partial charge in [0.2, 0.25) is 0 Å². The molecule has 0 atom stereocenters. The fourth-order valence-electron chi connectivity index (χ4n) is 4.35. The van der Waals surface area contributed by atoms with Crippen molar-refractivity contribution in [1.29, 1.82) is 0 Å². The van der Waals surface area contributed by atoms with Crippen molar-refractivity contribution in [3.05, 3.63) is 82.0 Å². The van der Waals surface area contributed by atoms with E-state index in [-0.39, 0.29) is 23.4 Å². The second-order valence-electron chi connectivity index (χ2n) is 10.5. The fourth-order valence-corrected chi connectivity index (χ4v) is 4.97. The van der Waals surface area contributed by atoms with E-state index in [0.29, 0.717) is 48.9 Å².